The van der Waals surface area contributed by atoms with E-state index < -0.39 is 0 Å². The van der Waals surface area contributed by atoms with Gasteiger partial charge >= 0.3 is 5.97 Å². The van der Waals surface area contributed by atoms with Gasteiger partial charge in [0.25, 0.3) is 0 Å². The Morgan fingerprint density at radius 1 is 0.967 bits per heavy atom. The highest BCUT2D eigenvalue weighted by molar-refractivity contribution is 7.09. The standard InChI is InChI=1S/C24H29N3O2S/c1-15(28)29-20-18(23(2,3)4)13-17(14-19(20)24(5,6)7)25-22-26-21(27-30-22)16-11-9-8-10-12-16/h8-14H,1-7H3,(H,25,26,27). The lowest BCUT2D eigenvalue weighted by molar-refractivity contribution is -0.132. The van der Waals surface area contributed by atoms with Crippen molar-refractivity contribution < 1.29 is 9.53 Å². The number of ether oxygens (including phenoxy) is 1. The molecule has 0 spiro atoms. The maximum absolute atomic E-state index is 11.8. The molecule has 0 unspecified atom stereocenters. The molecule has 0 aliphatic carbocycles. The minimum Gasteiger partial charge on any atom is -0.426 e. The lowest BCUT2D eigenvalue weighted by Gasteiger charge is -2.30. The number of nitrogens with zero attached hydrogens (tertiary/aromatic N) is 2. The second-order valence-corrected chi connectivity index (χ2v) is 10.2. The van der Waals surface area contributed by atoms with Gasteiger partial charge in [-0.05, 0) is 23.0 Å². The SMILES string of the molecule is CC(=O)Oc1c(C(C)(C)C)cc(Nc2nc(-c3ccccc3)ns2)cc1C(C)(C)C. The second-order valence-electron chi connectivity index (χ2n) is 9.41. The van der Waals surface area contributed by atoms with Crippen molar-refractivity contribution in [3.63, 3.8) is 0 Å². The Hall–Kier alpha value is -2.73. The van der Waals surface area contributed by atoms with Crippen molar-refractivity contribution in [3.8, 4) is 17.1 Å². The predicted octanol–water partition coefficient (Wildman–Crippen LogP) is 6.47. The number of aromatic nitrogens is 2. The molecule has 30 heavy (non-hydrogen) atoms. The van der Waals surface area contributed by atoms with E-state index in [1.807, 2.05) is 42.5 Å². The zero-order valence-electron chi connectivity index (χ0n) is 18.7. The molecule has 2 aromatic carbocycles. The van der Waals surface area contributed by atoms with Gasteiger partial charge in [-0.2, -0.15) is 9.36 Å². The Kier molecular flexibility index (Phi) is 5.99. The smallest absolute Gasteiger partial charge is 0.308 e. The van der Waals surface area contributed by atoms with Crippen LogP contribution < -0.4 is 10.1 Å². The molecule has 0 radical (unpaired) electrons. The van der Waals surface area contributed by atoms with Crippen LogP contribution in [0.3, 0.4) is 0 Å². The Balaban J connectivity index is 2.05. The lowest BCUT2D eigenvalue weighted by Crippen LogP contribution is -2.21. The van der Waals surface area contributed by atoms with Crippen LogP contribution >= 0.6 is 11.5 Å². The van der Waals surface area contributed by atoms with Crippen LogP contribution in [0.1, 0.15) is 59.6 Å². The number of hydrogen-bond acceptors (Lipinski definition) is 6. The first-order valence-electron chi connectivity index (χ1n) is 9.99. The van der Waals surface area contributed by atoms with E-state index in [-0.39, 0.29) is 16.8 Å². The highest BCUT2D eigenvalue weighted by atomic mass is 32.1. The molecule has 3 aromatic rings. The number of anilines is 2. The molecule has 0 saturated heterocycles. The Labute approximate surface area is 182 Å². The lowest BCUT2D eigenvalue weighted by atomic mass is 9.79. The molecule has 0 aliphatic rings. The minimum absolute atomic E-state index is 0.210. The summed E-state index contributed by atoms with van der Waals surface area (Å²) in [4.78, 5) is 16.5. The number of hydrogen-bond donors (Lipinski definition) is 1. The minimum atomic E-state index is -0.316. The Morgan fingerprint density at radius 3 is 2.03 bits per heavy atom. The first-order chi connectivity index (χ1) is 13.9. The van der Waals surface area contributed by atoms with Gasteiger partial charge in [0.1, 0.15) is 5.75 Å². The van der Waals surface area contributed by atoms with E-state index in [1.165, 1.54) is 18.5 Å². The summed E-state index contributed by atoms with van der Waals surface area (Å²) in [6.45, 7) is 14.1. The summed E-state index contributed by atoms with van der Waals surface area (Å²) in [5, 5.41) is 4.12. The fraction of sp³-hybridized carbons (Fsp3) is 0.375. The van der Waals surface area contributed by atoms with Crippen molar-refractivity contribution in [1.29, 1.82) is 0 Å². The molecule has 6 heteroatoms. The topological polar surface area (TPSA) is 64.1 Å². The second kappa shape index (κ2) is 8.19. The van der Waals surface area contributed by atoms with Gasteiger partial charge in [-0.3, -0.25) is 4.79 Å². The fourth-order valence-corrected chi connectivity index (χ4v) is 3.78. The van der Waals surface area contributed by atoms with Gasteiger partial charge in [0.15, 0.2) is 5.82 Å². The van der Waals surface area contributed by atoms with E-state index in [0.29, 0.717) is 16.7 Å². The van der Waals surface area contributed by atoms with Gasteiger partial charge in [0.05, 0.1) is 0 Å². The van der Waals surface area contributed by atoms with Crippen molar-refractivity contribution in [3.05, 3.63) is 53.6 Å². The van der Waals surface area contributed by atoms with Gasteiger partial charge in [0.2, 0.25) is 5.13 Å². The van der Waals surface area contributed by atoms with Crippen molar-refractivity contribution in [2.75, 3.05) is 5.32 Å². The summed E-state index contributed by atoms with van der Waals surface area (Å²) < 4.78 is 10.2. The highest BCUT2D eigenvalue weighted by Crippen LogP contribution is 2.42. The number of carbonyl (C=O) groups excluding carboxylic acids is 1. The molecule has 0 atom stereocenters. The van der Waals surface area contributed by atoms with Crippen molar-refractivity contribution in [1.82, 2.24) is 9.36 Å². The monoisotopic (exact) mass is 423 g/mol. The largest absolute Gasteiger partial charge is 0.426 e. The fourth-order valence-electron chi connectivity index (χ4n) is 3.17. The van der Waals surface area contributed by atoms with Crippen molar-refractivity contribution >= 4 is 28.3 Å². The number of benzene rings is 2. The van der Waals surface area contributed by atoms with E-state index in [1.54, 1.807) is 0 Å². The number of rotatable bonds is 4. The van der Waals surface area contributed by atoms with Crippen molar-refractivity contribution in [2.24, 2.45) is 0 Å². The number of nitrogens with one attached hydrogen (secondary N) is 1. The van der Waals surface area contributed by atoms with Crippen LogP contribution in [0.2, 0.25) is 0 Å². The van der Waals surface area contributed by atoms with E-state index >= 15 is 0 Å². The molecule has 0 aliphatic heterocycles. The van der Waals surface area contributed by atoms with Crippen LogP contribution in [-0.2, 0) is 15.6 Å². The molecular formula is C24H29N3O2S. The van der Waals surface area contributed by atoms with E-state index in [2.05, 4.69) is 56.2 Å². The molecule has 1 N–H and O–H groups in total. The van der Waals surface area contributed by atoms with E-state index in [0.717, 1.165) is 22.4 Å². The van der Waals surface area contributed by atoms with E-state index in [9.17, 15) is 4.79 Å². The Bertz CT molecular complexity index is 1010. The zero-order chi connectivity index (χ0) is 22.1. The average molecular weight is 424 g/mol. The average Bonchev–Trinajstić information content (AvgIpc) is 3.09. The molecule has 0 fully saturated rings. The van der Waals surface area contributed by atoms with Crippen LogP contribution in [0, 0.1) is 0 Å². The number of carbonyl (C=O) groups is 1. The Morgan fingerprint density at radius 2 is 1.53 bits per heavy atom. The summed E-state index contributed by atoms with van der Waals surface area (Å²) in [6, 6.07) is 14.0. The zero-order valence-corrected chi connectivity index (χ0v) is 19.5. The van der Waals surface area contributed by atoms with Gasteiger partial charge in [-0.15, -0.1) is 0 Å². The molecule has 1 aromatic heterocycles. The van der Waals surface area contributed by atoms with Crippen LogP contribution in [0.5, 0.6) is 5.75 Å². The molecule has 0 bridgehead atoms. The molecule has 5 nitrogen and oxygen atoms in total. The first-order valence-corrected chi connectivity index (χ1v) is 10.8. The molecule has 1 heterocycles. The molecule has 0 amide bonds. The first kappa shape index (κ1) is 22.0. The van der Waals surface area contributed by atoms with Gasteiger partial charge < -0.3 is 10.1 Å². The quantitative estimate of drug-likeness (QED) is 0.385. The maximum atomic E-state index is 11.8. The van der Waals surface area contributed by atoms with Crippen molar-refractivity contribution in [2.45, 2.75) is 59.3 Å². The van der Waals surface area contributed by atoms with Gasteiger partial charge in [-0.1, -0.05) is 71.9 Å². The summed E-state index contributed by atoms with van der Waals surface area (Å²) in [5.41, 5.74) is 3.41. The molecule has 0 saturated carbocycles. The van der Waals surface area contributed by atoms with Gasteiger partial charge in [0, 0.05) is 40.8 Å². The third-order valence-electron chi connectivity index (χ3n) is 4.66. The van der Waals surface area contributed by atoms with Gasteiger partial charge in [-0.25, -0.2) is 0 Å². The van der Waals surface area contributed by atoms with Crippen LogP contribution in [-0.4, -0.2) is 15.3 Å². The van der Waals surface area contributed by atoms with Crippen LogP contribution in [0.4, 0.5) is 10.8 Å². The van der Waals surface area contributed by atoms with E-state index in [4.69, 9.17) is 4.74 Å². The number of esters is 1. The molecule has 3 rings (SSSR count). The molecule has 158 valence electrons. The summed E-state index contributed by atoms with van der Waals surface area (Å²) in [5.74, 6) is 1.03. The summed E-state index contributed by atoms with van der Waals surface area (Å²) in [6.07, 6.45) is 0. The molecular weight excluding hydrogens is 394 g/mol. The summed E-state index contributed by atoms with van der Waals surface area (Å²) >= 11 is 1.32. The third-order valence-corrected chi connectivity index (χ3v) is 5.29. The predicted molar refractivity (Wildman–Crippen MR) is 124 cm³/mol. The third kappa shape index (κ3) is 5.05. The normalized spacial score (nSPS) is 12.0. The summed E-state index contributed by atoms with van der Waals surface area (Å²) in [7, 11) is 0. The highest BCUT2D eigenvalue weighted by Gasteiger charge is 2.29. The van der Waals surface area contributed by atoms with Crippen LogP contribution in [0.25, 0.3) is 11.4 Å². The maximum Gasteiger partial charge on any atom is 0.308 e. The van der Waals surface area contributed by atoms with Crippen LogP contribution in [0.15, 0.2) is 42.5 Å².